The molecule has 1 aromatic heterocycles. The lowest BCUT2D eigenvalue weighted by molar-refractivity contribution is -0.116. The maximum Gasteiger partial charge on any atom is 0.239 e. The first-order chi connectivity index (χ1) is 15.5. The van der Waals surface area contributed by atoms with E-state index in [9.17, 15) is 4.79 Å². The Morgan fingerprint density at radius 3 is 2.28 bits per heavy atom. The maximum absolute atomic E-state index is 13.3. The smallest absolute Gasteiger partial charge is 0.239 e. The zero-order chi connectivity index (χ0) is 23.1. The molecule has 32 heavy (non-hydrogen) atoms. The molecule has 7 nitrogen and oxygen atoms in total. The number of methoxy groups -OCH3 is 3. The second-order valence-electron chi connectivity index (χ2n) is 7.31. The lowest BCUT2D eigenvalue weighted by Gasteiger charge is -2.21. The van der Waals surface area contributed by atoms with Crippen molar-refractivity contribution in [3.05, 3.63) is 36.4 Å². The van der Waals surface area contributed by atoms with E-state index in [2.05, 4.69) is 4.90 Å². The maximum atomic E-state index is 13.3. The largest absolute Gasteiger partial charge is 0.497 e. The van der Waals surface area contributed by atoms with Crippen LogP contribution >= 0.6 is 23.1 Å². The van der Waals surface area contributed by atoms with Gasteiger partial charge in [-0.25, -0.2) is 4.98 Å². The van der Waals surface area contributed by atoms with Crippen molar-refractivity contribution in [2.75, 3.05) is 59.2 Å². The average molecular weight is 476 g/mol. The number of carbonyl (C=O) groups is 1. The molecule has 0 saturated heterocycles. The molecule has 0 unspecified atom stereocenters. The summed E-state index contributed by atoms with van der Waals surface area (Å²) >= 11 is 2.95. The van der Waals surface area contributed by atoms with Gasteiger partial charge in [0, 0.05) is 11.4 Å². The number of aromatic nitrogens is 1. The van der Waals surface area contributed by atoms with E-state index in [0.29, 0.717) is 28.7 Å². The van der Waals surface area contributed by atoms with E-state index in [1.165, 1.54) is 23.1 Å². The standard InChI is InChI=1S/C23H29N3O4S2/c1-25(2)13-6-14-26(20(27)15-31-17-9-7-16(28-3)8-10-17)23-24-21-18(29-4)11-12-19(30-5)22(21)32-23/h7-12H,6,13-15H2,1-5H3. The van der Waals surface area contributed by atoms with Crippen LogP contribution < -0.4 is 19.1 Å². The zero-order valence-corrected chi connectivity index (χ0v) is 20.7. The number of rotatable bonds is 11. The molecule has 3 aromatic rings. The summed E-state index contributed by atoms with van der Waals surface area (Å²) < 4.78 is 17.1. The van der Waals surface area contributed by atoms with E-state index in [4.69, 9.17) is 19.2 Å². The molecule has 1 heterocycles. The Bertz CT molecular complexity index is 997. The van der Waals surface area contributed by atoms with Crippen molar-refractivity contribution < 1.29 is 19.0 Å². The summed E-state index contributed by atoms with van der Waals surface area (Å²) in [6, 6.07) is 11.4. The third kappa shape index (κ3) is 5.85. The Balaban J connectivity index is 1.84. The molecule has 9 heteroatoms. The third-order valence-electron chi connectivity index (χ3n) is 4.84. The summed E-state index contributed by atoms with van der Waals surface area (Å²) in [5.41, 5.74) is 0.708. The van der Waals surface area contributed by atoms with Crippen molar-refractivity contribution in [3.63, 3.8) is 0 Å². The molecule has 0 saturated carbocycles. The third-order valence-corrected chi connectivity index (χ3v) is 6.93. The van der Waals surface area contributed by atoms with E-state index in [1.54, 1.807) is 26.2 Å². The topological polar surface area (TPSA) is 64.1 Å². The van der Waals surface area contributed by atoms with Gasteiger partial charge in [-0.15, -0.1) is 11.8 Å². The molecule has 0 radical (unpaired) electrons. The van der Waals surface area contributed by atoms with Crippen LogP contribution in [0.2, 0.25) is 0 Å². The molecule has 2 aromatic carbocycles. The summed E-state index contributed by atoms with van der Waals surface area (Å²) in [6.45, 7) is 1.47. The second-order valence-corrected chi connectivity index (χ2v) is 9.34. The van der Waals surface area contributed by atoms with E-state index in [1.807, 2.05) is 50.5 Å². The molecule has 0 aliphatic heterocycles. The van der Waals surface area contributed by atoms with Gasteiger partial charge in [0.1, 0.15) is 27.5 Å². The summed E-state index contributed by atoms with van der Waals surface area (Å²) in [4.78, 5) is 22.9. The number of fused-ring (bicyclic) bond motifs is 1. The first-order valence-electron chi connectivity index (χ1n) is 10.2. The molecule has 0 aliphatic rings. The monoisotopic (exact) mass is 475 g/mol. The highest BCUT2D eigenvalue weighted by atomic mass is 32.2. The summed E-state index contributed by atoms with van der Waals surface area (Å²) in [7, 11) is 8.94. The van der Waals surface area contributed by atoms with Crippen LogP contribution in [0.1, 0.15) is 6.42 Å². The molecule has 0 atom stereocenters. The Hall–Kier alpha value is -2.49. The van der Waals surface area contributed by atoms with Crippen LogP contribution in [0.5, 0.6) is 17.2 Å². The Labute approximate surface area is 197 Å². The zero-order valence-electron chi connectivity index (χ0n) is 19.1. The lowest BCUT2D eigenvalue weighted by atomic mass is 10.3. The Kier molecular flexibility index (Phi) is 8.60. The average Bonchev–Trinajstić information content (AvgIpc) is 3.24. The van der Waals surface area contributed by atoms with Gasteiger partial charge in [-0.1, -0.05) is 11.3 Å². The number of benzene rings is 2. The van der Waals surface area contributed by atoms with Crippen LogP contribution in [0, 0.1) is 0 Å². The fraction of sp³-hybridized carbons (Fsp3) is 0.391. The molecule has 0 N–H and O–H groups in total. The second kappa shape index (κ2) is 11.4. The van der Waals surface area contributed by atoms with Crippen molar-refractivity contribution in [3.8, 4) is 17.2 Å². The molecule has 0 fully saturated rings. The lowest BCUT2D eigenvalue weighted by Crippen LogP contribution is -2.34. The fourth-order valence-corrected chi connectivity index (χ4v) is 5.05. The number of amides is 1. The summed E-state index contributed by atoms with van der Waals surface area (Å²) in [5.74, 6) is 2.51. The highest BCUT2D eigenvalue weighted by Crippen LogP contribution is 2.40. The number of ether oxygens (including phenoxy) is 3. The number of hydrogen-bond acceptors (Lipinski definition) is 8. The van der Waals surface area contributed by atoms with Gasteiger partial charge in [0.2, 0.25) is 5.91 Å². The van der Waals surface area contributed by atoms with Gasteiger partial charge in [0.05, 0.1) is 27.1 Å². The van der Waals surface area contributed by atoms with E-state index in [0.717, 1.165) is 34.1 Å². The Morgan fingerprint density at radius 1 is 0.969 bits per heavy atom. The first-order valence-corrected chi connectivity index (χ1v) is 12.0. The predicted octanol–water partition coefficient (Wildman–Crippen LogP) is 4.40. The Morgan fingerprint density at radius 2 is 1.66 bits per heavy atom. The molecule has 172 valence electrons. The number of thiazole rings is 1. The van der Waals surface area contributed by atoms with Crippen LogP contribution in [0.4, 0.5) is 5.13 Å². The fourth-order valence-electron chi connectivity index (χ4n) is 3.16. The van der Waals surface area contributed by atoms with Gasteiger partial charge in [-0.3, -0.25) is 9.69 Å². The van der Waals surface area contributed by atoms with Crippen molar-refractivity contribution >= 4 is 44.4 Å². The first kappa shape index (κ1) is 24.2. The van der Waals surface area contributed by atoms with Gasteiger partial charge in [-0.05, 0) is 63.5 Å². The van der Waals surface area contributed by atoms with Gasteiger partial charge in [0.15, 0.2) is 5.13 Å². The molecular formula is C23H29N3O4S2. The van der Waals surface area contributed by atoms with E-state index < -0.39 is 0 Å². The van der Waals surface area contributed by atoms with Gasteiger partial charge in [-0.2, -0.15) is 0 Å². The van der Waals surface area contributed by atoms with Gasteiger partial charge in [0.25, 0.3) is 0 Å². The number of hydrogen-bond donors (Lipinski definition) is 0. The van der Waals surface area contributed by atoms with Crippen LogP contribution in [0.15, 0.2) is 41.3 Å². The van der Waals surface area contributed by atoms with E-state index >= 15 is 0 Å². The predicted molar refractivity (Wildman–Crippen MR) is 132 cm³/mol. The summed E-state index contributed by atoms with van der Waals surface area (Å²) in [5, 5.41) is 0.655. The molecule has 1 amide bonds. The van der Waals surface area contributed by atoms with E-state index in [-0.39, 0.29) is 5.91 Å². The summed E-state index contributed by atoms with van der Waals surface area (Å²) in [6.07, 6.45) is 0.843. The normalized spacial score (nSPS) is 11.1. The molecule has 0 bridgehead atoms. The van der Waals surface area contributed by atoms with Gasteiger partial charge < -0.3 is 19.1 Å². The highest BCUT2D eigenvalue weighted by molar-refractivity contribution is 8.00. The van der Waals surface area contributed by atoms with Gasteiger partial charge >= 0.3 is 0 Å². The van der Waals surface area contributed by atoms with Crippen LogP contribution in [-0.4, -0.2) is 70.1 Å². The number of nitrogens with zero attached hydrogens (tertiary/aromatic N) is 3. The number of anilines is 1. The molecule has 0 spiro atoms. The number of carbonyl (C=O) groups excluding carboxylic acids is 1. The SMILES string of the molecule is COc1ccc(SCC(=O)N(CCCN(C)C)c2nc3c(OC)ccc(OC)c3s2)cc1. The minimum absolute atomic E-state index is 0.0153. The van der Waals surface area contributed by atoms with Crippen molar-refractivity contribution in [1.29, 1.82) is 0 Å². The number of thioether (sulfide) groups is 1. The highest BCUT2D eigenvalue weighted by Gasteiger charge is 2.22. The minimum atomic E-state index is 0.0153. The van der Waals surface area contributed by atoms with Crippen LogP contribution in [0.3, 0.4) is 0 Å². The quantitative estimate of drug-likeness (QED) is 0.381. The molecule has 0 aliphatic carbocycles. The molecular weight excluding hydrogens is 446 g/mol. The van der Waals surface area contributed by atoms with Crippen molar-refractivity contribution in [2.24, 2.45) is 0 Å². The van der Waals surface area contributed by atoms with Crippen LogP contribution in [-0.2, 0) is 4.79 Å². The van der Waals surface area contributed by atoms with Crippen molar-refractivity contribution in [1.82, 2.24) is 9.88 Å². The minimum Gasteiger partial charge on any atom is -0.497 e. The van der Waals surface area contributed by atoms with Crippen LogP contribution in [0.25, 0.3) is 10.2 Å². The molecule has 3 rings (SSSR count). The van der Waals surface area contributed by atoms with Crippen molar-refractivity contribution in [2.45, 2.75) is 11.3 Å².